The molecule has 3 N–H and O–H groups in total. The van der Waals surface area contributed by atoms with E-state index in [1.807, 2.05) is 84.9 Å². The van der Waals surface area contributed by atoms with E-state index in [4.69, 9.17) is 4.74 Å². The van der Waals surface area contributed by atoms with Crippen molar-refractivity contribution in [2.24, 2.45) is 0 Å². The number of aliphatic carboxylic acids is 1. The fourth-order valence-corrected chi connectivity index (χ4v) is 6.06. The third-order valence-electron chi connectivity index (χ3n) is 8.10. The number of carboxylic acid groups (broad SMARTS) is 1. The smallest absolute Gasteiger partial charge is 0.407 e. The SMILES string of the molecule is O=C(N[C@@H](Cc1ccc2[nH]c3cc4ccccc4cc3c(=O)c2c1)C(=O)O)OCC1c2ccccc2-c2ccccc21. The average molecular weight is 555 g/mol. The Morgan fingerprint density at radius 2 is 1.40 bits per heavy atom. The molecule has 0 saturated heterocycles. The van der Waals surface area contributed by atoms with Crippen LogP contribution in [-0.4, -0.2) is 34.8 Å². The summed E-state index contributed by atoms with van der Waals surface area (Å²) in [6, 6.07) is 31.7. The zero-order valence-corrected chi connectivity index (χ0v) is 22.5. The molecule has 6 aromatic rings. The monoisotopic (exact) mass is 554 g/mol. The van der Waals surface area contributed by atoms with Crippen LogP contribution in [0.1, 0.15) is 22.6 Å². The standard InChI is InChI=1S/C35H26N2O5/c38-33-27-15-20(13-14-30(27)36-31-18-22-8-2-1-7-21(22)17-28(31)33)16-32(34(39)40)37-35(41)42-19-29-25-11-5-3-9-23(25)24-10-4-6-12-26(24)29/h1-15,17-18,29,32H,16,19H2,(H,36,38)(H,37,41)(H,39,40)/t32-/m0/s1. The van der Waals surface area contributed by atoms with Gasteiger partial charge in [0.25, 0.3) is 0 Å². The number of hydrogen-bond acceptors (Lipinski definition) is 4. The normalized spacial score (nSPS) is 13.1. The molecule has 1 aromatic heterocycles. The molecule has 0 unspecified atom stereocenters. The van der Waals surface area contributed by atoms with Crippen LogP contribution in [0, 0.1) is 0 Å². The van der Waals surface area contributed by atoms with Crippen molar-refractivity contribution in [3.63, 3.8) is 0 Å². The van der Waals surface area contributed by atoms with Gasteiger partial charge in [-0.05, 0) is 62.9 Å². The van der Waals surface area contributed by atoms with Gasteiger partial charge in [-0.3, -0.25) is 4.79 Å². The first-order valence-electron chi connectivity index (χ1n) is 13.8. The fraction of sp³-hybridized carbons (Fsp3) is 0.114. The summed E-state index contributed by atoms with van der Waals surface area (Å²) in [6.45, 7) is 0.0826. The number of rotatable bonds is 6. The summed E-state index contributed by atoms with van der Waals surface area (Å²) in [5.74, 6) is -1.33. The molecule has 0 radical (unpaired) electrons. The van der Waals surface area contributed by atoms with Crippen molar-refractivity contribution in [3.8, 4) is 11.1 Å². The molecule has 7 heteroatoms. The molecule has 1 heterocycles. The lowest BCUT2D eigenvalue weighted by Gasteiger charge is -2.18. The Kier molecular flexibility index (Phi) is 6.20. The third kappa shape index (κ3) is 4.45. The molecule has 7 nitrogen and oxygen atoms in total. The molecule has 42 heavy (non-hydrogen) atoms. The highest BCUT2D eigenvalue weighted by Crippen LogP contribution is 2.44. The number of H-pyrrole nitrogens is 1. The van der Waals surface area contributed by atoms with Gasteiger partial charge in [0.05, 0.1) is 5.52 Å². The second kappa shape index (κ2) is 10.2. The molecule has 1 aliphatic rings. The first kappa shape index (κ1) is 25.5. The summed E-state index contributed by atoms with van der Waals surface area (Å²) in [7, 11) is 0. The van der Waals surface area contributed by atoms with E-state index in [-0.39, 0.29) is 24.4 Å². The van der Waals surface area contributed by atoms with Crippen molar-refractivity contribution in [2.75, 3.05) is 6.61 Å². The van der Waals surface area contributed by atoms with Crippen LogP contribution in [0.15, 0.2) is 108 Å². The van der Waals surface area contributed by atoms with E-state index >= 15 is 0 Å². The Morgan fingerprint density at radius 1 is 0.786 bits per heavy atom. The number of benzene rings is 5. The van der Waals surface area contributed by atoms with Gasteiger partial charge < -0.3 is 20.1 Å². The second-order valence-electron chi connectivity index (χ2n) is 10.6. The number of carbonyl (C=O) groups excluding carboxylic acids is 1. The lowest BCUT2D eigenvalue weighted by Crippen LogP contribution is -2.42. The predicted octanol–water partition coefficient (Wildman–Crippen LogP) is 6.37. The van der Waals surface area contributed by atoms with E-state index in [0.717, 1.165) is 38.5 Å². The van der Waals surface area contributed by atoms with E-state index in [0.29, 0.717) is 21.9 Å². The first-order chi connectivity index (χ1) is 20.5. The van der Waals surface area contributed by atoms with Gasteiger partial charge in [0.1, 0.15) is 12.6 Å². The molecule has 0 bridgehead atoms. The fourth-order valence-electron chi connectivity index (χ4n) is 6.06. The molecule has 0 spiro atoms. The summed E-state index contributed by atoms with van der Waals surface area (Å²) in [6.07, 6.45) is -0.814. The van der Waals surface area contributed by atoms with Gasteiger partial charge >= 0.3 is 12.1 Å². The number of aromatic nitrogens is 1. The number of hydrogen-bond donors (Lipinski definition) is 3. The van der Waals surface area contributed by atoms with Gasteiger partial charge in [0.2, 0.25) is 0 Å². The van der Waals surface area contributed by atoms with Gasteiger partial charge in [0, 0.05) is 28.6 Å². The first-order valence-corrected chi connectivity index (χ1v) is 13.8. The van der Waals surface area contributed by atoms with Crippen molar-refractivity contribution in [3.05, 3.63) is 130 Å². The maximum absolute atomic E-state index is 13.4. The summed E-state index contributed by atoms with van der Waals surface area (Å²) in [5.41, 5.74) is 6.23. The van der Waals surface area contributed by atoms with E-state index in [2.05, 4.69) is 10.3 Å². The lowest BCUT2D eigenvalue weighted by atomic mass is 9.98. The van der Waals surface area contributed by atoms with Crippen molar-refractivity contribution in [1.29, 1.82) is 0 Å². The largest absolute Gasteiger partial charge is 0.480 e. The van der Waals surface area contributed by atoms with Gasteiger partial charge in [-0.1, -0.05) is 78.9 Å². The summed E-state index contributed by atoms with van der Waals surface area (Å²) < 4.78 is 5.56. The maximum atomic E-state index is 13.4. The van der Waals surface area contributed by atoms with Gasteiger partial charge in [-0.25, -0.2) is 9.59 Å². The van der Waals surface area contributed by atoms with Crippen molar-refractivity contribution < 1.29 is 19.4 Å². The van der Waals surface area contributed by atoms with Crippen LogP contribution in [0.5, 0.6) is 0 Å². The average Bonchev–Trinajstić information content (AvgIpc) is 3.33. The van der Waals surface area contributed by atoms with E-state index in [1.54, 1.807) is 18.2 Å². The molecule has 1 amide bonds. The minimum Gasteiger partial charge on any atom is -0.480 e. The van der Waals surface area contributed by atoms with E-state index in [1.165, 1.54) is 0 Å². The van der Waals surface area contributed by atoms with Crippen LogP contribution >= 0.6 is 0 Å². The zero-order chi connectivity index (χ0) is 28.8. The van der Waals surface area contributed by atoms with Gasteiger partial charge in [-0.2, -0.15) is 0 Å². The van der Waals surface area contributed by atoms with Crippen LogP contribution < -0.4 is 10.7 Å². The molecule has 1 aliphatic carbocycles. The molecule has 1 atom stereocenters. The van der Waals surface area contributed by atoms with Crippen molar-refractivity contribution in [1.82, 2.24) is 10.3 Å². The highest BCUT2D eigenvalue weighted by atomic mass is 16.5. The molecular weight excluding hydrogens is 528 g/mol. The zero-order valence-electron chi connectivity index (χ0n) is 22.5. The number of ether oxygens (including phenoxy) is 1. The summed E-state index contributed by atoms with van der Waals surface area (Å²) in [5, 5.41) is 15.4. The maximum Gasteiger partial charge on any atom is 0.407 e. The lowest BCUT2D eigenvalue weighted by molar-refractivity contribution is -0.139. The molecule has 0 aliphatic heterocycles. The minimum atomic E-state index is -1.23. The number of carboxylic acids is 1. The topological polar surface area (TPSA) is 108 Å². The Bertz CT molecular complexity index is 2050. The molecule has 0 fully saturated rings. The Labute approximate surface area is 240 Å². The van der Waals surface area contributed by atoms with Crippen LogP contribution in [0.3, 0.4) is 0 Å². The Morgan fingerprint density at radius 3 is 2.10 bits per heavy atom. The van der Waals surface area contributed by atoms with Crippen LogP contribution in [-0.2, 0) is 16.0 Å². The summed E-state index contributed by atoms with van der Waals surface area (Å²) in [4.78, 5) is 41.7. The van der Waals surface area contributed by atoms with E-state index < -0.39 is 18.1 Å². The van der Waals surface area contributed by atoms with Crippen molar-refractivity contribution in [2.45, 2.75) is 18.4 Å². The minimum absolute atomic E-state index is 0.00926. The van der Waals surface area contributed by atoms with Crippen LogP contribution in [0.25, 0.3) is 43.7 Å². The van der Waals surface area contributed by atoms with Gasteiger partial charge in [0.15, 0.2) is 5.43 Å². The molecule has 206 valence electrons. The number of alkyl carbamates (subject to hydrolysis) is 1. The second-order valence-corrected chi connectivity index (χ2v) is 10.6. The predicted molar refractivity (Wildman–Crippen MR) is 163 cm³/mol. The quantitative estimate of drug-likeness (QED) is 0.207. The number of pyridine rings is 1. The summed E-state index contributed by atoms with van der Waals surface area (Å²) >= 11 is 0. The van der Waals surface area contributed by atoms with Crippen molar-refractivity contribution >= 4 is 44.6 Å². The number of nitrogens with one attached hydrogen (secondary N) is 2. The van der Waals surface area contributed by atoms with Crippen LogP contribution in [0.2, 0.25) is 0 Å². The number of fused-ring (bicyclic) bond motifs is 6. The third-order valence-corrected chi connectivity index (χ3v) is 8.10. The molecule has 0 saturated carbocycles. The Hall–Kier alpha value is -5.43. The van der Waals surface area contributed by atoms with Gasteiger partial charge in [-0.15, -0.1) is 0 Å². The van der Waals surface area contributed by atoms with Crippen LogP contribution in [0.4, 0.5) is 4.79 Å². The number of aromatic amines is 1. The highest BCUT2D eigenvalue weighted by Gasteiger charge is 2.30. The molecule has 7 rings (SSSR count). The Balaban J connectivity index is 1.10. The molecular formula is C35H26N2O5. The number of amides is 1. The highest BCUT2D eigenvalue weighted by molar-refractivity contribution is 6.01. The molecule has 5 aromatic carbocycles. The van der Waals surface area contributed by atoms with E-state index in [9.17, 15) is 19.5 Å². The number of carbonyl (C=O) groups is 2.